The van der Waals surface area contributed by atoms with Crippen LogP contribution >= 0.6 is 15.9 Å². The summed E-state index contributed by atoms with van der Waals surface area (Å²) >= 11 is 3.45. The molecule has 0 spiro atoms. The number of carbonyl (C=O) groups is 1. The van der Waals surface area contributed by atoms with Crippen molar-refractivity contribution >= 4 is 33.9 Å². The lowest BCUT2D eigenvalue weighted by Gasteiger charge is -2.15. The minimum atomic E-state index is -4.46. The van der Waals surface area contributed by atoms with E-state index in [2.05, 4.69) is 31.4 Å². The minimum Gasteiger partial charge on any atom is -0.490 e. The molecule has 0 radical (unpaired) electrons. The highest BCUT2D eigenvalue weighted by Crippen LogP contribution is 2.37. The molecule has 3 rings (SSSR count). The number of hydrazone groups is 1. The van der Waals surface area contributed by atoms with Gasteiger partial charge in [-0.05, 0) is 70.4 Å². The summed E-state index contributed by atoms with van der Waals surface area (Å²) in [5.41, 5.74) is 3.32. The van der Waals surface area contributed by atoms with Gasteiger partial charge in [0.05, 0.1) is 28.4 Å². The number of alkyl halides is 3. The van der Waals surface area contributed by atoms with Crippen LogP contribution in [0.25, 0.3) is 0 Å². The van der Waals surface area contributed by atoms with Crippen LogP contribution in [0.4, 0.5) is 19.0 Å². The lowest BCUT2D eigenvalue weighted by molar-refractivity contribution is -0.137. The van der Waals surface area contributed by atoms with Crippen LogP contribution < -0.4 is 14.9 Å². The number of halogens is 4. The van der Waals surface area contributed by atoms with Crippen LogP contribution in [-0.4, -0.2) is 28.9 Å². The number of hydrogen-bond donors (Lipinski definition) is 2. The molecule has 11 heteroatoms. The molecule has 1 heterocycles. The molecule has 0 aliphatic heterocycles. The number of rotatable bonds is 9. The van der Waals surface area contributed by atoms with E-state index in [0.717, 1.165) is 17.8 Å². The molecule has 178 valence electrons. The summed E-state index contributed by atoms with van der Waals surface area (Å²) < 4.78 is 50.0. The Morgan fingerprint density at radius 2 is 1.91 bits per heavy atom. The van der Waals surface area contributed by atoms with Crippen LogP contribution in [0.3, 0.4) is 0 Å². The van der Waals surface area contributed by atoms with Crippen molar-refractivity contribution in [1.29, 1.82) is 0 Å². The second-order valence-corrected chi connectivity index (χ2v) is 7.71. The zero-order valence-electron chi connectivity index (χ0n) is 17.8. The average molecular weight is 538 g/mol. The topological polar surface area (TPSA) is 93.0 Å². The first-order valence-corrected chi connectivity index (χ1v) is 10.7. The fourth-order valence-electron chi connectivity index (χ4n) is 2.77. The molecule has 0 saturated heterocycles. The number of ether oxygens (including phenoxy) is 2. The van der Waals surface area contributed by atoms with Crippen LogP contribution in [0.5, 0.6) is 11.5 Å². The molecule has 0 atom stereocenters. The molecule has 2 aromatic carbocycles. The van der Waals surface area contributed by atoms with E-state index in [0.29, 0.717) is 28.1 Å². The molecule has 3 aromatic rings. The summed E-state index contributed by atoms with van der Waals surface area (Å²) in [6.45, 7) is 2.39. The van der Waals surface area contributed by atoms with E-state index in [-0.39, 0.29) is 18.0 Å². The van der Waals surface area contributed by atoms with Gasteiger partial charge in [-0.3, -0.25) is 5.43 Å². The van der Waals surface area contributed by atoms with Gasteiger partial charge in [0.15, 0.2) is 11.5 Å². The third kappa shape index (κ3) is 6.70. The summed E-state index contributed by atoms with van der Waals surface area (Å²) in [6, 6.07) is 11.9. The minimum absolute atomic E-state index is 0.155. The lowest BCUT2D eigenvalue weighted by Crippen LogP contribution is -2.05. The molecule has 1 aromatic heterocycles. The number of aromatic carboxylic acids is 1. The molecular formula is C23H19BrF3N3O4. The quantitative estimate of drug-likeness (QED) is 0.257. The van der Waals surface area contributed by atoms with E-state index in [4.69, 9.17) is 14.6 Å². The maximum Gasteiger partial charge on any atom is 0.417 e. The number of nitrogens with one attached hydrogen (secondary N) is 1. The summed E-state index contributed by atoms with van der Waals surface area (Å²) in [5.74, 6) is 0.0590. The average Bonchev–Trinajstić information content (AvgIpc) is 2.79. The fourth-order valence-corrected chi connectivity index (χ4v) is 3.34. The Hall–Kier alpha value is -3.60. The van der Waals surface area contributed by atoms with Gasteiger partial charge in [-0.2, -0.15) is 18.3 Å². The monoisotopic (exact) mass is 537 g/mol. The zero-order chi connectivity index (χ0) is 24.7. The van der Waals surface area contributed by atoms with Crippen molar-refractivity contribution in [2.24, 2.45) is 5.10 Å². The van der Waals surface area contributed by atoms with Crippen LogP contribution in [0.1, 0.15) is 34.0 Å². The van der Waals surface area contributed by atoms with Crippen LogP contribution in [0, 0.1) is 0 Å². The molecule has 0 fully saturated rings. The Balaban J connectivity index is 1.70. The smallest absolute Gasteiger partial charge is 0.417 e. The maximum atomic E-state index is 12.6. The molecule has 0 aliphatic carbocycles. The highest BCUT2D eigenvalue weighted by molar-refractivity contribution is 9.10. The first-order chi connectivity index (χ1) is 16.2. The van der Waals surface area contributed by atoms with E-state index in [1.54, 1.807) is 24.3 Å². The fraction of sp³-hybridized carbons (Fsp3) is 0.174. The number of pyridine rings is 1. The number of benzene rings is 2. The van der Waals surface area contributed by atoms with Gasteiger partial charge in [-0.15, -0.1) is 0 Å². The van der Waals surface area contributed by atoms with Gasteiger partial charge in [0.1, 0.15) is 12.4 Å². The second kappa shape index (κ2) is 11.0. The molecule has 0 saturated carbocycles. The largest absolute Gasteiger partial charge is 0.490 e. The molecule has 2 N–H and O–H groups in total. The van der Waals surface area contributed by atoms with Crippen molar-refractivity contribution in [3.8, 4) is 11.5 Å². The van der Waals surface area contributed by atoms with Crippen LogP contribution in [0.2, 0.25) is 0 Å². The standard InChI is InChI=1S/C23H19BrF3N3O4/c1-2-33-19-10-15(11-29-30-20-8-7-17(12-28-20)23(25,26)27)9-18(24)21(19)34-13-14-3-5-16(6-4-14)22(31)32/h3-12H,2,13H2,1H3,(H,28,30)(H,31,32)/b29-11-. The SMILES string of the molecule is CCOc1cc(/C=N\Nc2ccc(C(F)(F)F)cn2)cc(Br)c1OCc1ccc(C(=O)O)cc1. The second-order valence-electron chi connectivity index (χ2n) is 6.85. The zero-order valence-corrected chi connectivity index (χ0v) is 19.4. The molecule has 0 amide bonds. The number of hydrogen-bond acceptors (Lipinski definition) is 6. The van der Waals surface area contributed by atoms with Gasteiger partial charge in [-0.25, -0.2) is 9.78 Å². The molecular weight excluding hydrogens is 519 g/mol. The predicted molar refractivity (Wildman–Crippen MR) is 124 cm³/mol. The third-order valence-electron chi connectivity index (χ3n) is 4.40. The number of anilines is 1. The van der Waals surface area contributed by atoms with Crippen molar-refractivity contribution in [3.63, 3.8) is 0 Å². The highest BCUT2D eigenvalue weighted by Gasteiger charge is 2.30. The number of carboxylic acid groups (broad SMARTS) is 1. The summed E-state index contributed by atoms with van der Waals surface area (Å²) in [5, 5.41) is 13.0. The maximum absolute atomic E-state index is 12.6. The van der Waals surface area contributed by atoms with Crippen LogP contribution in [0.15, 0.2) is 64.3 Å². The Bertz CT molecular complexity index is 1170. The number of carboxylic acids is 1. The van der Waals surface area contributed by atoms with Crippen molar-refractivity contribution in [3.05, 3.63) is 81.5 Å². The van der Waals surface area contributed by atoms with Crippen molar-refractivity contribution in [2.45, 2.75) is 19.7 Å². The third-order valence-corrected chi connectivity index (χ3v) is 4.99. The van der Waals surface area contributed by atoms with Gasteiger partial charge >= 0.3 is 12.1 Å². The lowest BCUT2D eigenvalue weighted by atomic mass is 10.1. The number of nitrogens with zero attached hydrogens (tertiary/aromatic N) is 2. The van der Waals surface area contributed by atoms with Gasteiger partial charge in [0, 0.05) is 6.20 Å². The van der Waals surface area contributed by atoms with Crippen molar-refractivity contribution < 1.29 is 32.5 Å². The molecule has 0 aliphatic rings. The van der Waals surface area contributed by atoms with Crippen molar-refractivity contribution in [2.75, 3.05) is 12.0 Å². The van der Waals surface area contributed by atoms with Gasteiger partial charge in [-0.1, -0.05) is 12.1 Å². The summed E-state index contributed by atoms with van der Waals surface area (Å²) in [4.78, 5) is 14.7. The van der Waals surface area contributed by atoms with Crippen LogP contribution in [-0.2, 0) is 12.8 Å². The Morgan fingerprint density at radius 1 is 1.18 bits per heavy atom. The van der Waals surface area contributed by atoms with Gasteiger partial charge in [0.2, 0.25) is 0 Å². The summed E-state index contributed by atoms with van der Waals surface area (Å²) in [6.07, 6.45) is -2.27. The highest BCUT2D eigenvalue weighted by atomic mass is 79.9. The van der Waals surface area contributed by atoms with E-state index >= 15 is 0 Å². The molecule has 0 unspecified atom stereocenters. The number of aromatic nitrogens is 1. The van der Waals surface area contributed by atoms with Gasteiger partial charge in [0.25, 0.3) is 0 Å². The first-order valence-electron chi connectivity index (χ1n) is 9.91. The van der Waals surface area contributed by atoms with E-state index in [9.17, 15) is 18.0 Å². The Morgan fingerprint density at radius 3 is 2.50 bits per heavy atom. The van der Waals surface area contributed by atoms with E-state index in [1.165, 1.54) is 24.4 Å². The predicted octanol–water partition coefficient (Wildman–Crippen LogP) is 5.98. The Labute approximate surface area is 201 Å². The normalized spacial score (nSPS) is 11.4. The van der Waals surface area contributed by atoms with E-state index < -0.39 is 17.7 Å². The van der Waals surface area contributed by atoms with Gasteiger partial charge < -0.3 is 14.6 Å². The summed E-state index contributed by atoms with van der Waals surface area (Å²) in [7, 11) is 0. The molecule has 0 bridgehead atoms. The van der Waals surface area contributed by atoms with Crippen molar-refractivity contribution in [1.82, 2.24) is 4.98 Å². The molecule has 34 heavy (non-hydrogen) atoms. The molecule has 7 nitrogen and oxygen atoms in total. The Kier molecular flexibility index (Phi) is 8.11. The first kappa shape index (κ1) is 25.0. The van der Waals surface area contributed by atoms with E-state index in [1.807, 2.05) is 6.92 Å².